The van der Waals surface area contributed by atoms with Gasteiger partial charge in [-0.1, -0.05) is 30.3 Å². The molecule has 0 aliphatic heterocycles. The second-order valence-corrected chi connectivity index (χ2v) is 4.47. The van der Waals surface area contributed by atoms with Crippen molar-refractivity contribution in [1.82, 2.24) is 0 Å². The fourth-order valence-corrected chi connectivity index (χ4v) is 1.92. The molecular formula is C14H18O5. The van der Waals surface area contributed by atoms with Gasteiger partial charge in [0.05, 0.1) is 12.0 Å². The normalized spacial score (nSPS) is 13.7. The van der Waals surface area contributed by atoms with E-state index in [9.17, 15) is 14.7 Å². The zero-order chi connectivity index (χ0) is 14.3. The van der Waals surface area contributed by atoms with Gasteiger partial charge in [-0.3, -0.25) is 9.59 Å². The molecule has 104 valence electrons. The Kier molecular flexibility index (Phi) is 6.02. The van der Waals surface area contributed by atoms with Crippen LogP contribution >= 0.6 is 0 Å². The molecule has 0 aromatic heterocycles. The maximum Gasteiger partial charge on any atom is 0.309 e. The smallest absolute Gasteiger partial charge is 0.309 e. The molecule has 1 rings (SSSR count). The Morgan fingerprint density at radius 2 is 1.68 bits per heavy atom. The molecule has 0 bridgehead atoms. The minimum absolute atomic E-state index is 0.0406. The molecule has 0 saturated heterocycles. The van der Waals surface area contributed by atoms with Gasteiger partial charge in [0.2, 0.25) is 0 Å². The lowest BCUT2D eigenvalue weighted by atomic mass is 9.92. The second kappa shape index (κ2) is 7.53. The number of rotatable bonds is 8. The van der Waals surface area contributed by atoms with Crippen molar-refractivity contribution in [1.29, 1.82) is 0 Å². The Morgan fingerprint density at radius 3 is 2.21 bits per heavy atom. The lowest BCUT2D eigenvalue weighted by molar-refractivity contribution is -0.147. The van der Waals surface area contributed by atoms with Crippen LogP contribution in [0.25, 0.3) is 0 Å². The van der Waals surface area contributed by atoms with Gasteiger partial charge in [0.1, 0.15) is 0 Å². The summed E-state index contributed by atoms with van der Waals surface area (Å²) in [5, 5.41) is 27.4. The summed E-state index contributed by atoms with van der Waals surface area (Å²) in [4.78, 5) is 21.5. The maximum atomic E-state index is 11.1. The molecule has 2 unspecified atom stereocenters. The highest BCUT2D eigenvalue weighted by Gasteiger charge is 2.26. The highest BCUT2D eigenvalue weighted by molar-refractivity contribution is 5.71. The molecule has 5 heteroatoms. The van der Waals surface area contributed by atoms with E-state index in [-0.39, 0.29) is 12.8 Å². The summed E-state index contributed by atoms with van der Waals surface area (Å²) in [6.45, 7) is 0. The first kappa shape index (κ1) is 15.2. The Labute approximate surface area is 111 Å². The average molecular weight is 266 g/mol. The number of aryl methyl sites for hydroxylation is 1. The molecule has 1 aromatic rings. The van der Waals surface area contributed by atoms with Crippen LogP contribution in [0.5, 0.6) is 0 Å². The van der Waals surface area contributed by atoms with E-state index in [1.54, 1.807) is 0 Å². The molecule has 0 saturated carbocycles. The molecule has 0 amide bonds. The number of carboxylic acids is 2. The monoisotopic (exact) mass is 266 g/mol. The van der Waals surface area contributed by atoms with Crippen molar-refractivity contribution in [2.75, 3.05) is 0 Å². The van der Waals surface area contributed by atoms with E-state index in [0.29, 0.717) is 12.8 Å². The van der Waals surface area contributed by atoms with Crippen LogP contribution in [0.15, 0.2) is 30.3 Å². The molecule has 5 nitrogen and oxygen atoms in total. The third kappa shape index (κ3) is 5.52. The summed E-state index contributed by atoms with van der Waals surface area (Å²) in [6, 6.07) is 9.39. The van der Waals surface area contributed by atoms with Crippen LogP contribution in [-0.2, 0) is 16.0 Å². The minimum Gasteiger partial charge on any atom is -0.481 e. The minimum atomic E-state index is -1.13. The zero-order valence-corrected chi connectivity index (χ0v) is 10.5. The fraction of sp³-hybridized carbons (Fsp3) is 0.429. The lowest BCUT2D eigenvalue weighted by Gasteiger charge is -2.18. The quantitative estimate of drug-likeness (QED) is 0.663. The summed E-state index contributed by atoms with van der Waals surface area (Å²) in [6.07, 6.45) is -0.559. The summed E-state index contributed by atoms with van der Waals surface area (Å²) in [5.41, 5.74) is 0.999. The van der Waals surface area contributed by atoms with Gasteiger partial charge in [0.25, 0.3) is 0 Å². The van der Waals surface area contributed by atoms with E-state index in [4.69, 9.17) is 10.2 Å². The molecule has 1 aromatic carbocycles. The molecule has 0 radical (unpaired) electrons. The Bertz CT molecular complexity index is 415. The van der Waals surface area contributed by atoms with E-state index < -0.39 is 24.0 Å². The van der Waals surface area contributed by atoms with Crippen molar-refractivity contribution < 1.29 is 24.9 Å². The first-order chi connectivity index (χ1) is 9.00. The van der Waals surface area contributed by atoms with Gasteiger partial charge in [0, 0.05) is 6.42 Å². The Balaban J connectivity index is 2.53. The van der Waals surface area contributed by atoms with Crippen LogP contribution < -0.4 is 0 Å². The van der Waals surface area contributed by atoms with Gasteiger partial charge >= 0.3 is 11.9 Å². The SMILES string of the molecule is O=C(O)CCC(O)C(CCc1ccccc1)C(=O)O. The number of carboxylic acid groups (broad SMARTS) is 2. The Hall–Kier alpha value is -1.88. The molecule has 0 aliphatic rings. The third-order valence-electron chi connectivity index (χ3n) is 3.02. The second-order valence-electron chi connectivity index (χ2n) is 4.47. The van der Waals surface area contributed by atoms with Gasteiger partial charge in [-0.25, -0.2) is 0 Å². The highest BCUT2D eigenvalue weighted by Crippen LogP contribution is 2.17. The number of carbonyl (C=O) groups is 2. The average Bonchev–Trinajstić information content (AvgIpc) is 2.37. The first-order valence-electron chi connectivity index (χ1n) is 6.17. The largest absolute Gasteiger partial charge is 0.481 e. The number of hydrogen-bond donors (Lipinski definition) is 3. The maximum absolute atomic E-state index is 11.1. The molecule has 2 atom stereocenters. The van der Waals surface area contributed by atoms with E-state index in [2.05, 4.69) is 0 Å². The van der Waals surface area contributed by atoms with E-state index >= 15 is 0 Å². The predicted molar refractivity (Wildman–Crippen MR) is 68.8 cm³/mol. The van der Waals surface area contributed by atoms with E-state index in [0.717, 1.165) is 5.56 Å². The highest BCUT2D eigenvalue weighted by atomic mass is 16.4. The van der Waals surface area contributed by atoms with Gasteiger partial charge in [-0.15, -0.1) is 0 Å². The van der Waals surface area contributed by atoms with Crippen LogP contribution in [0.2, 0.25) is 0 Å². The van der Waals surface area contributed by atoms with Crippen LogP contribution in [-0.4, -0.2) is 33.4 Å². The zero-order valence-electron chi connectivity index (χ0n) is 10.5. The number of aliphatic hydroxyl groups excluding tert-OH is 1. The van der Waals surface area contributed by atoms with Crippen LogP contribution in [0, 0.1) is 5.92 Å². The van der Waals surface area contributed by atoms with Gasteiger partial charge in [-0.05, 0) is 24.8 Å². The number of aliphatic carboxylic acids is 2. The number of aliphatic hydroxyl groups is 1. The fourth-order valence-electron chi connectivity index (χ4n) is 1.92. The molecule has 19 heavy (non-hydrogen) atoms. The lowest BCUT2D eigenvalue weighted by Crippen LogP contribution is -2.29. The first-order valence-corrected chi connectivity index (χ1v) is 6.17. The van der Waals surface area contributed by atoms with E-state index in [1.807, 2.05) is 30.3 Å². The topological polar surface area (TPSA) is 94.8 Å². The number of benzene rings is 1. The van der Waals surface area contributed by atoms with Crippen LogP contribution in [0.3, 0.4) is 0 Å². The van der Waals surface area contributed by atoms with Crippen molar-refractivity contribution in [3.8, 4) is 0 Å². The van der Waals surface area contributed by atoms with Crippen LogP contribution in [0.1, 0.15) is 24.8 Å². The predicted octanol–water partition coefficient (Wildman–Crippen LogP) is 1.55. The van der Waals surface area contributed by atoms with Crippen molar-refractivity contribution in [2.45, 2.75) is 31.8 Å². The van der Waals surface area contributed by atoms with Gasteiger partial charge < -0.3 is 15.3 Å². The summed E-state index contributed by atoms with van der Waals surface area (Å²) < 4.78 is 0. The van der Waals surface area contributed by atoms with Crippen molar-refractivity contribution >= 4 is 11.9 Å². The molecule has 0 aliphatic carbocycles. The van der Waals surface area contributed by atoms with Crippen molar-refractivity contribution in [2.24, 2.45) is 5.92 Å². The summed E-state index contributed by atoms with van der Waals surface area (Å²) >= 11 is 0. The van der Waals surface area contributed by atoms with Crippen LogP contribution in [0.4, 0.5) is 0 Å². The molecular weight excluding hydrogens is 248 g/mol. The van der Waals surface area contributed by atoms with Gasteiger partial charge in [0.15, 0.2) is 0 Å². The van der Waals surface area contributed by atoms with Crippen molar-refractivity contribution in [3.63, 3.8) is 0 Å². The Morgan fingerprint density at radius 1 is 1.05 bits per heavy atom. The van der Waals surface area contributed by atoms with Crippen molar-refractivity contribution in [3.05, 3.63) is 35.9 Å². The molecule has 0 heterocycles. The van der Waals surface area contributed by atoms with E-state index in [1.165, 1.54) is 0 Å². The van der Waals surface area contributed by atoms with Gasteiger partial charge in [-0.2, -0.15) is 0 Å². The molecule has 3 N–H and O–H groups in total. The molecule has 0 fully saturated rings. The number of hydrogen-bond acceptors (Lipinski definition) is 3. The third-order valence-corrected chi connectivity index (χ3v) is 3.02. The summed E-state index contributed by atoms with van der Waals surface area (Å²) in [5.74, 6) is -3.06. The standard InChI is InChI=1S/C14H18O5/c15-12(8-9-13(16)17)11(14(18)19)7-6-10-4-2-1-3-5-10/h1-5,11-12,15H,6-9H2,(H,16,17)(H,18,19). The molecule has 0 spiro atoms. The summed E-state index contributed by atoms with van der Waals surface area (Å²) in [7, 11) is 0.